The molecule has 0 fully saturated rings. The molecule has 1 aromatic rings. The zero-order chi connectivity index (χ0) is 13.2. The van der Waals surface area contributed by atoms with Gasteiger partial charge in [0.05, 0.1) is 6.07 Å². The van der Waals surface area contributed by atoms with Crippen LogP contribution in [0.5, 0.6) is 0 Å². The molecule has 1 unspecified atom stereocenters. The van der Waals surface area contributed by atoms with Gasteiger partial charge in [-0.3, -0.25) is 0 Å². The Hall–Kier alpha value is -1.30. The average molecular weight is 263 g/mol. The van der Waals surface area contributed by atoms with Gasteiger partial charge in [0.2, 0.25) is 0 Å². The van der Waals surface area contributed by atoms with Crippen molar-refractivity contribution in [2.75, 3.05) is 6.54 Å². The van der Waals surface area contributed by atoms with Gasteiger partial charge in [0.1, 0.15) is 0 Å². The van der Waals surface area contributed by atoms with E-state index in [1.807, 2.05) is 18.2 Å². The lowest BCUT2D eigenvalue weighted by molar-refractivity contribution is 0.350. The summed E-state index contributed by atoms with van der Waals surface area (Å²) in [6, 6.07) is 12.6. The maximum atomic E-state index is 8.49. The summed E-state index contributed by atoms with van der Waals surface area (Å²) in [5.74, 6) is 0. The average Bonchev–Trinajstić information content (AvgIpc) is 2.41. The first-order chi connectivity index (χ1) is 8.74. The molecule has 1 rings (SSSR count). The molecule has 96 valence electrons. The van der Waals surface area contributed by atoms with Gasteiger partial charge in [0.25, 0.3) is 0 Å². The first-order valence-corrected chi connectivity index (χ1v) is 6.59. The van der Waals surface area contributed by atoms with E-state index in [9.17, 15) is 0 Å². The molecule has 0 bridgehead atoms. The van der Waals surface area contributed by atoms with E-state index >= 15 is 0 Å². The van der Waals surface area contributed by atoms with Gasteiger partial charge >= 0.3 is 0 Å². The Morgan fingerprint density at radius 2 is 2.11 bits per heavy atom. The summed E-state index contributed by atoms with van der Waals surface area (Å²) in [5, 5.41) is 8.49. The maximum absolute atomic E-state index is 8.49. The highest BCUT2D eigenvalue weighted by molar-refractivity contribution is 6.13. The van der Waals surface area contributed by atoms with Crippen LogP contribution in [0, 0.1) is 11.3 Å². The number of nitriles is 1. The van der Waals surface area contributed by atoms with Crippen molar-refractivity contribution in [3.8, 4) is 6.07 Å². The summed E-state index contributed by atoms with van der Waals surface area (Å²) in [5.41, 5.74) is 1.22. The lowest BCUT2D eigenvalue weighted by Crippen LogP contribution is -2.24. The fourth-order valence-corrected chi connectivity index (χ4v) is 1.82. The zero-order valence-corrected chi connectivity index (χ0v) is 11.5. The number of halogens is 1. The van der Waals surface area contributed by atoms with Crippen molar-refractivity contribution in [1.29, 1.82) is 5.26 Å². The summed E-state index contributed by atoms with van der Waals surface area (Å²) < 4.78 is 1.72. The number of hydrogen-bond acceptors (Lipinski definition) is 2. The minimum absolute atomic E-state index is 0.292. The number of rotatable bonds is 7. The van der Waals surface area contributed by atoms with Crippen LogP contribution in [0.15, 0.2) is 36.4 Å². The number of nitrogens with zero attached hydrogens (tertiary/aromatic N) is 2. The molecule has 0 amide bonds. The quantitative estimate of drug-likeness (QED) is 0.688. The molecule has 0 aliphatic heterocycles. The van der Waals surface area contributed by atoms with Gasteiger partial charge in [-0.1, -0.05) is 42.5 Å². The predicted molar refractivity (Wildman–Crippen MR) is 77.0 cm³/mol. The van der Waals surface area contributed by atoms with Crippen LogP contribution in [0.25, 0.3) is 6.08 Å². The fourth-order valence-electron chi connectivity index (χ4n) is 1.64. The highest BCUT2D eigenvalue weighted by atomic mass is 35.5. The third-order valence-electron chi connectivity index (χ3n) is 2.78. The molecule has 0 aliphatic carbocycles. The Balaban J connectivity index is 2.25. The van der Waals surface area contributed by atoms with Crippen molar-refractivity contribution in [2.24, 2.45) is 0 Å². The monoisotopic (exact) mass is 262 g/mol. The molecule has 3 heteroatoms. The maximum Gasteiger partial charge on any atom is 0.0635 e. The van der Waals surface area contributed by atoms with Crippen LogP contribution in [-0.2, 0) is 0 Å². The molecule has 2 nitrogen and oxygen atoms in total. The van der Waals surface area contributed by atoms with E-state index in [1.54, 1.807) is 4.42 Å². The van der Waals surface area contributed by atoms with E-state index in [4.69, 9.17) is 17.0 Å². The standard InChI is InChI=1S/C15H19ClN2/c1-14(18(16)13-7-12-17)8-5-6-11-15-9-3-2-4-10-15/h2-4,6,9-11,14H,5,7-8,13H2,1H3/b11-6+. The van der Waals surface area contributed by atoms with E-state index in [0.29, 0.717) is 19.0 Å². The number of allylic oxidation sites excluding steroid dienone is 1. The van der Waals surface area contributed by atoms with Gasteiger partial charge < -0.3 is 0 Å². The molecular weight excluding hydrogens is 244 g/mol. The molecule has 18 heavy (non-hydrogen) atoms. The Kier molecular flexibility index (Phi) is 7.17. The minimum Gasteiger partial charge on any atom is -0.216 e. The summed E-state index contributed by atoms with van der Waals surface area (Å²) in [6.07, 6.45) is 6.76. The lowest BCUT2D eigenvalue weighted by Gasteiger charge is -2.19. The molecule has 0 N–H and O–H groups in total. The van der Waals surface area contributed by atoms with Gasteiger partial charge in [-0.2, -0.15) is 5.26 Å². The second-order valence-electron chi connectivity index (χ2n) is 4.27. The van der Waals surface area contributed by atoms with Crippen LogP contribution in [0.1, 0.15) is 31.7 Å². The van der Waals surface area contributed by atoms with Gasteiger partial charge in [-0.05, 0) is 37.1 Å². The topological polar surface area (TPSA) is 27.0 Å². The molecule has 0 saturated heterocycles. The van der Waals surface area contributed by atoms with Gasteiger partial charge in [-0.25, -0.2) is 4.42 Å². The molecule has 0 aliphatic rings. The Labute approximate surface area is 115 Å². The first-order valence-electron chi connectivity index (χ1n) is 6.25. The van der Waals surface area contributed by atoms with Gasteiger partial charge in [0, 0.05) is 19.0 Å². The second-order valence-corrected chi connectivity index (χ2v) is 4.71. The fraction of sp³-hybridized carbons (Fsp3) is 0.400. The molecule has 0 saturated carbocycles. The van der Waals surface area contributed by atoms with Gasteiger partial charge in [-0.15, -0.1) is 0 Å². The van der Waals surface area contributed by atoms with Crippen LogP contribution < -0.4 is 0 Å². The van der Waals surface area contributed by atoms with E-state index in [-0.39, 0.29) is 0 Å². The van der Waals surface area contributed by atoms with E-state index in [1.165, 1.54) is 5.56 Å². The van der Waals surface area contributed by atoms with Crippen LogP contribution in [0.3, 0.4) is 0 Å². The van der Waals surface area contributed by atoms with Crippen LogP contribution in [0.2, 0.25) is 0 Å². The van der Waals surface area contributed by atoms with E-state index in [0.717, 1.165) is 12.8 Å². The SMILES string of the molecule is CC(CC/C=C/c1ccccc1)N(Cl)CCC#N. The predicted octanol–water partition coefficient (Wildman–Crippen LogP) is 4.24. The molecule has 1 atom stereocenters. The third kappa shape index (κ3) is 5.86. The Morgan fingerprint density at radius 1 is 1.39 bits per heavy atom. The summed E-state index contributed by atoms with van der Waals surface area (Å²) in [7, 11) is 0. The summed E-state index contributed by atoms with van der Waals surface area (Å²) in [6.45, 7) is 2.71. The molecule has 0 aromatic heterocycles. The molecule has 0 spiro atoms. The van der Waals surface area contributed by atoms with Crippen molar-refractivity contribution in [3.63, 3.8) is 0 Å². The van der Waals surface area contributed by atoms with Gasteiger partial charge in [0.15, 0.2) is 0 Å². The Bertz CT molecular complexity index is 395. The van der Waals surface area contributed by atoms with Crippen LogP contribution in [0.4, 0.5) is 0 Å². The third-order valence-corrected chi connectivity index (χ3v) is 3.28. The first kappa shape index (κ1) is 14.8. The zero-order valence-electron chi connectivity index (χ0n) is 10.7. The lowest BCUT2D eigenvalue weighted by atomic mass is 10.1. The van der Waals surface area contributed by atoms with Crippen molar-refractivity contribution in [3.05, 3.63) is 42.0 Å². The molecule has 0 radical (unpaired) electrons. The second kappa shape index (κ2) is 8.74. The minimum atomic E-state index is 0.292. The smallest absolute Gasteiger partial charge is 0.0635 e. The number of hydrogen-bond donors (Lipinski definition) is 0. The van der Waals surface area contributed by atoms with E-state index in [2.05, 4.69) is 37.3 Å². The van der Waals surface area contributed by atoms with Crippen molar-refractivity contribution < 1.29 is 0 Å². The Morgan fingerprint density at radius 3 is 2.78 bits per heavy atom. The molecular formula is C15H19ClN2. The van der Waals surface area contributed by atoms with Crippen LogP contribution >= 0.6 is 11.8 Å². The highest BCUT2D eigenvalue weighted by Crippen LogP contribution is 2.11. The molecule has 0 heterocycles. The normalized spacial score (nSPS) is 12.8. The van der Waals surface area contributed by atoms with Crippen molar-refractivity contribution >= 4 is 17.9 Å². The summed E-state index contributed by atoms with van der Waals surface area (Å²) in [4.78, 5) is 0. The van der Waals surface area contributed by atoms with Crippen LogP contribution in [-0.4, -0.2) is 17.0 Å². The molecule has 1 aromatic carbocycles. The summed E-state index contributed by atoms with van der Waals surface area (Å²) >= 11 is 6.06. The van der Waals surface area contributed by atoms with E-state index < -0.39 is 0 Å². The number of benzene rings is 1. The van der Waals surface area contributed by atoms with Crippen molar-refractivity contribution in [2.45, 2.75) is 32.2 Å². The highest BCUT2D eigenvalue weighted by Gasteiger charge is 2.09. The largest absolute Gasteiger partial charge is 0.216 e. The van der Waals surface area contributed by atoms with Crippen molar-refractivity contribution in [1.82, 2.24) is 4.42 Å².